The molecule has 3 rings (SSSR count). The lowest BCUT2D eigenvalue weighted by Gasteiger charge is -2.07. The van der Waals surface area contributed by atoms with Crippen molar-refractivity contribution in [2.24, 2.45) is 0 Å². The molecule has 0 radical (unpaired) electrons. The van der Waals surface area contributed by atoms with Crippen LogP contribution >= 0.6 is 0 Å². The van der Waals surface area contributed by atoms with Crippen LogP contribution in [0.4, 0.5) is 25.0 Å². The molecule has 3 aromatic rings. The van der Waals surface area contributed by atoms with Crippen LogP contribution in [-0.4, -0.2) is 27.2 Å². The second-order valence-corrected chi connectivity index (χ2v) is 5.28. The molecule has 2 amide bonds. The SMILES string of the molecule is Cc1cnc(-c2cccc(NC(=O)Nc3cnn(CC(F)F)c3)c2)o1. The second kappa shape index (κ2) is 7.12. The minimum atomic E-state index is -2.51. The van der Waals surface area contributed by atoms with Crippen molar-refractivity contribution in [2.45, 2.75) is 19.9 Å². The molecule has 0 saturated heterocycles. The quantitative estimate of drug-likeness (QED) is 0.736. The van der Waals surface area contributed by atoms with Crippen molar-refractivity contribution in [3.05, 3.63) is 48.6 Å². The van der Waals surface area contributed by atoms with E-state index in [1.54, 1.807) is 31.3 Å². The summed E-state index contributed by atoms with van der Waals surface area (Å²) in [5.74, 6) is 1.14. The zero-order chi connectivity index (χ0) is 17.8. The van der Waals surface area contributed by atoms with Gasteiger partial charge in [-0.15, -0.1) is 0 Å². The first-order valence-corrected chi connectivity index (χ1v) is 7.41. The normalized spacial score (nSPS) is 10.9. The van der Waals surface area contributed by atoms with Crippen LogP contribution in [0, 0.1) is 6.92 Å². The van der Waals surface area contributed by atoms with Gasteiger partial charge in [0.05, 0.1) is 18.1 Å². The predicted molar refractivity (Wildman–Crippen MR) is 87.5 cm³/mol. The van der Waals surface area contributed by atoms with Gasteiger partial charge >= 0.3 is 6.03 Å². The molecule has 0 saturated carbocycles. The third-order valence-electron chi connectivity index (χ3n) is 3.20. The summed E-state index contributed by atoms with van der Waals surface area (Å²) in [7, 11) is 0. The summed E-state index contributed by atoms with van der Waals surface area (Å²) < 4.78 is 31.1. The molecular formula is C16H15F2N5O2. The van der Waals surface area contributed by atoms with Crippen LogP contribution in [0.5, 0.6) is 0 Å². The van der Waals surface area contributed by atoms with Crippen molar-refractivity contribution in [1.29, 1.82) is 0 Å². The van der Waals surface area contributed by atoms with Crippen LogP contribution in [-0.2, 0) is 6.54 Å². The highest BCUT2D eigenvalue weighted by Crippen LogP contribution is 2.22. The topological polar surface area (TPSA) is 85.0 Å². The lowest BCUT2D eigenvalue weighted by molar-refractivity contribution is 0.122. The Morgan fingerprint density at radius 3 is 2.80 bits per heavy atom. The van der Waals surface area contributed by atoms with E-state index >= 15 is 0 Å². The summed E-state index contributed by atoms with van der Waals surface area (Å²) in [5, 5.41) is 8.93. The maximum atomic E-state index is 12.3. The molecule has 0 unspecified atom stereocenters. The average Bonchev–Trinajstić information content (AvgIpc) is 3.16. The van der Waals surface area contributed by atoms with Gasteiger partial charge in [0.15, 0.2) is 0 Å². The number of amides is 2. The zero-order valence-electron chi connectivity index (χ0n) is 13.2. The first kappa shape index (κ1) is 16.6. The number of urea groups is 1. The number of oxazole rings is 1. The molecule has 0 bridgehead atoms. The number of nitrogens with one attached hydrogen (secondary N) is 2. The minimum absolute atomic E-state index is 0.317. The Hall–Kier alpha value is -3.23. The molecule has 0 atom stereocenters. The van der Waals surface area contributed by atoms with Gasteiger partial charge in [-0.3, -0.25) is 4.68 Å². The molecule has 130 valence electrons. The van der Waals surface area contributed by atoms with Crippen molar-refractivity contribution in [3.63, 3.8) is 0 Å². The van der Waals surface area contributed by atoms with E-state index in [0.717, 1.165) is 10.2 Å². The molecule has 2 heterocycles. The van der Waals surface area contributed by atoms with E-state index in [9.17, 15) is 13.6 Å². The maximum Gasteiger partial charge on any atom is 0.323 e. The fourth-order valence-electron chi connectivity index (χ4n) is 2.18. The number of hydrogen-bond acceptors (Lipinski definition) is 4. The maximum absolute atomic E-state index is 12.3. The van der Waals surface area contributed by atoms with Crippen LogP contribution in [0.1, 0.15) is 5.76 Å². The third-order valence-corrected chi connectivity index (χ3v) is 3.20. The lowest BCUT2D eigenvalue weighted by atomic mass is 10.2. The van der Waals surface area contributed by atoms with Crippen LogP contribution in [0.15, 0.2) is 47.3 Å². The molecule has 7 nitrogen and oxygen atoms in total. The van der Waals surface area contributed by atoms with Gasteiger partial charge in [-0.05, 0) is 25.1 Å². The van der Waals surface area contributed by atoms with E-state index < -0.39 is 19.0 Å². The molecule has 25 heavy (non-hydrogen) atoms. The van der Waals surface area contributed by atoms with E-state index in [0.29, 0.717) is 23.0 Å². The molecule has 2 N–H and O–H groups in total. The number of anilines is 2. The number of nitrogens with zero attached hydrogens (tertiary/aromatic N) is 3. The Morgan fingerprint density at radius 2 is 2.08 bits per heavy atom. The summed E-state index contributed by atoms with van der Waals surface area (Å²) in [5.41, 5.74) is 1.57. The Morgan fingerprint density at radius 1 is 1.28 bits per heavy atom. The number of hydrogen-bond donors (Lipinski definition) is 2. The molecule has 0 fully saturated rings. The van der Waals surface area contributed by atoms with Gasteiger partial charge in [0.2, 0.25) is 5.89 Å². The Labute approximate surface area is 141 Å². The van der Waals surface area contributed by atoms with Gasteiger partial charge < -0.3 is 15.1 Å². The zero-order valence-corrected chi connectivity index (χ0v) is 13.2. The summed E-state index contributed by atoms with van der Waals surface area (Å²) in [6.45, 7) is 1.27. The van der Waals surface area contributed by atoms with Crippen LogP contribution in [0.3, 0.4) is 0 Å². The van der Waals surface area contributed by atoms with Crippen molar-refractivity contribution >= 4 is 17.4 Å². The Balaban J connectivity index is 1.64. The number of carbonyl (C=O) groups is 1. The Bertz CT molecular complexity index is 875. The minimum Gasteiger partial charge on any atom is -0.441 e. The molecular weight excluding hydrogens is 332 g/mol. The highest BCUT2D eigenvalue weighted by molar-refractivity contribution is 5.99. The monoisotopic (exact) mass is 347 g/mol. The smallest absolute Gasteiger partial charge is 0.323 e. The standard InChI is InChI=1S/C16H15F2N5O2/c1-10-6-19-15(25-10)11-3-2-4-12(5-11)21-16(24)22-13-7-20-23(8-13)9-14(17)18/h2-8,14H,9H2,1H3,(H2,21,22,24). The van der Waals surface area contributed by atoms with Crippen molar-refractivity contribution < 1.29 is 18.0 Å². The second-order valence-electron chi connectivity index (χ2n) is 5.28. The number of aromatic nitrogens is 3. The van der Waals surface area contributed by atoms with E-state index in [4.69, 9.17) is 4.42 Å². The van der Waals surface area contributed by atoms with Crippen molar-refractivity contribution in [2.75, 3.05) is 10.6 Å². The molecule has 9 heteroatoms. The molecule has 0 spiro atoms. The highest BCUT2D eigenvalue weighted by Gasteiger charge is 2.10. The Kier molecular flexibility index (Phi) is 4.73. The molecule has 0 aliphatic rings. The third kappa shape index (κ3) is 4.40. The van der Waals surface area contributed by atoms with Gasteiger partial charge in [0.1, 0.15) is 12.3 Å². The average molecular weight is 347 g/mol. The molecule has 1 aromatic carbocycles. The highest BCUT2D eigenvalue weighted by atomic mass is 19.3. The summed E-state index contributed by atoms with van der Waals surface area (Å²) in [4.78, 5) is 16.2. The molecule has 0 aliphatic heterocycles. The van der Waals surface area contributed by atoms with E-state index in [1.165, 1.54) is 12.4 Å². The number of carbonyl (C=O) groups excluding carboxylic acids is 1. The van der Waals surface area contributed by atoms with Crippen LogP contribution in [0.2, 0.25) is 0 Å². The van der Waals surface area contributed by atoms with Crippen molar-refractivity contribution in [1.82, 2.24) is 14.8 Å². The van der Waals surface area contributed by atoms with E-state index in [1.807, 2.05) is 6.07 Å². The van der Waals surface area contributed by atoms with Crippen LogP contribution in [0.25, 0.3) is 11.5 Å². The van der Waals surface area contributed by atoms with Gasteiger partial charge in [-0.25, -0.2) is 18.6 Å². The fraction of sp³-hybridized carbons (Fsp3) is 0.188. The number of benzene rings is 1. The number of halogens is 2. The number of aryl methyl sites for hydroxylation is 1. The predicted octanol–water partition coefficient (Wildman–Crippen LogP) is 3.76. The lowest BCUT2D eigenvalue weighted by Crippen LogP contribution is -2.19. The molecule has 2 aromatic heterocycles. The van der Waals surface area contributed by atoms with E-state index in [-0.39, 0.29) is 0 Å². The summed E-state index contributed by atoms with van der Waals surface area (Å²) in [6.07, 6.45) is 1.73. The molecule has 0 aliphatic carbocycles. The summed E-state index contributed by atoms with van der Waals surface area (Å²) in [6, 6.07) is 6.47. The van der Waals surface area contributed by atoms with Crippen molar-refractivity contribution in [3.8, 4) is 11.5 Å². The fourth-order valence-corrected chi connectivity index (χ4v) is 2.18. The first-order valence-electron chi connectivity index (χ1n) is 7.41. The number of alkyl halides is 2. The van der Waals surface area contributed by atoms with Gasteiger partial charge in [0, 0.05) is 17.4 Å². The van der Waals surface area contributed by atoms with E-state index in [2.05, 4.69) is 20.7 Å². The largest absolute Gasteiger partial charge is 0.441 e. The van der Waals surface area contributed by atoms with Gasteiger partial charge in [-0.2, -0.15) is 5.10 Å². The summed E-state index contributed by atoms with van der Waals surface area (Å²) >= 11 is 0. The first-order chi connectivity index (χ1) is 12.0. The van der Waals surface area contributed by atoms with Gasteiger partial charge in [0.25, 0.3) is 6.43 Å². The number of rotatable bonds is 5. The van der Waals surface area contributed by atoms with Crippen LogP contribution < -0.4 is 10.6 Å². The van der Waals surface area contributed by atoms with Gasteiger partial charge in [-0.1, -0.05) is 6.07 Å².